The number of thioether (sulfide) groups is 2. The van der Waals surface area contributed by atoms with Gasteiger partial charge in [-0.05, 0) is 12.5 Å². The minimum Gasteiger partial charge on any atom is -0.277 e. The summed E-state index contributed by atoms with van der Waals surface area (Å²) in [6.07, 6.45) is 5.56. The van der Waals surface area contributed by atoms with E-state index < -0.39 is 0 Å². The quantitative estimate of drug-likeness (QED) is 0.433. The van der Waals surface area contributed by atoms with Gasteiger partial charge >= 0.3 is 0 Å². The molecular formula is C5H10N2S2. The first-order valence-electron chi connectivity index (χ1n) is 2.41. The van der Waals surface area contributed by atoms with Gasteiger partial charge in [0.1, 0.15) is 10.7 Å². The Morgan fingerprint density at radius 1 is 1.33 bits per heavy atom. The first-order chi connectivity index (χ1) is 4.35. The van der Waals surface area contributed by atoms with Gasteiger partial charge in [0.15, 0.2) is 0 Å². The summed E-state index contributed by atoms with van der Waals surface area (Å²) in [7, 11) is 1.71. The molecule has 0 rings (SSSR count). The van der Waals surface area contributed by atoms with Crippen molar-refractivity contribution >= 4 is 34.2 Å². The van der Waals surface area contributed by atoms with Crippen molar-refractivity contribution < 1.29 is 0 Å². The van der Waals surface area contributed by atoms with Crippen LogP contribution in [0.15, 0.2) is 9.98 Å². The molecule has 0 N–H and O–H groups in total. The summed E-state index contributed by atoms with van der Waals surface area (Å²) < 4.78 is 1.04. The maximum Gasteiger partial charge on any atom is 0.131 e. The van der Waals surface area contributed by atoms with Crippen LogP contribution in [0.4, 0.5) is 0 Å². The van der Waals surface area contributed by atoms with Crippen molar-refractivity contribution in [3.8, 4) is 0 Å². The van der Waals surface area contributed by atoms with Gasteiger partial charge in [-0.15, -0.1) is 23.5 Å². The summed E-state index contributed by atoms with van der Waals surface area (Å²) in [6, 6.07) is 0. The maximum atomic E-state index is 4.03. The van der Waals surface area contributed by atoms with E-state index in [9.17, 15) is 0 Å². The fraction of sp³-hybridized carbons (Fsp3) is 0.600. The second kappa shape index (κ2) is 6.16. The summed E-state index contributed by atoms with van der Waals surface area (Å²) >= 11 is 3.26. The second-order valence-corrected chi connectivity index (χ2v) is 3.03. The SMILES string of the molecule is C/N=C/N=C(SC)SC. The van der Waals surface area contributed by atoms with Crippen LogP contribution >= 0.6 is 23.5 Å². The molecule has 0 aliphatic rings. The van der Waals surface area contributed by atoms with Crippen LogP contribution in [-0.2, 0) is 0 Å². The molecule has 0 aromatic carbocycles. The van der Waals surface area contributed by atoms with Crippen LogP contribution < -0.4 is 0 Å². The first-order valence-corrected chi connectivity index (χ1v) is 4.86. The lowest BCUT2D eigenvalue weighted by molar-refractivity contribution is 1.45. The zero-order valence-corrected chi connectivity index (χ0v) is 7.42. The molecule has 0 aliphatic heterocycles. The normalized spacial score (nSPS) is 10.1. The van der Waals surface area contributed by atoms with E-state index in [0.717, 1.165) is 4.38 Å². The van der Waals surface area contributed by atoms with Crippen molar-refractivity contribution in [3.05, 3.63) is 0 Å². The number of hydrogen-bond acceptors (Lipinski definition) is 3. The highest BCUT2D eigenvalue weighted by Crippen LogP contribution is 2.09. The molecule has 0 heterocycles. The Balaban J connectivity index is 3.75. The van der Waals surface area contributed by atoms with Crippen molar-refractivity contribution in [2.75, 3.05) is 19.6 Å². The third kappa shape index (κ3) is 4.54. The van der Waals surface area contributed by atoms with Crippen LogP contribution in [-0.4, -0.2) is 30.3 Å². The Labute approximate surface area is 64.2 Å². The van der Waals surface area contributed by atoms with Crippen LogP contribution in [0, 0.1) is 0 Å². The fourth-order valence-corrected chi connectivity index (χ4v) is 1.27. The molecule has 0 saturated heterocycles. The zero-order valence-electron chi connectivity index (χ0n) is 5.79. The van der Waals surface area contributed by atoms with E-state index in [1.54, 1.807) is 36.9 Å². The lowest BCUT2D eigenvalue weighted by Gasteiger charge is -1.91. The van der Waals surface area contributed by atoms with Crippen molar-refractivity contribution in [1.29, 1.82) is 0 Å². The largest absolute Gasteiger partial charge is 0.277 e. The molecule has 0 aliphatic carbocycles. The maximum absolute atomic E-state index is 4.03. The standard InChI is InChI=1S/C5H10N2S2/c1-6-4-7-5(8-2)9-3/h4H,1-3H3/b6-4+. The average molecular weight is 162 g/mol. The molecule has 0 saturated carbocycles. The lowest BCUT2D eigenvalue weighted by atomic mass is 11.2. The Morgan fingerprint density at radius 2 is 1.89 bits per heavy atom. The molecule has 0 unspecified atom stereocenters. The number of rotatable bonds is 1. The van der Waals surface area contributed by atoms with Gasteiger partial charge in [-0.2, -0.15) is 0 Å². The average Bonchev–Trinajstić information content (AvgIpc) is 1.91. The number of nitrogens with zero attached hydrogens (tertiary/aromatic N) is 2. The highest BCUT2D eigenvalue weighted by Gasteiger charge is 1.88. The van der Waals surface area contributed by atoms with Gasteiger partial charge in [-0.1, -0.05) is 0 Å². The van der Waals surface area contributed by atoms with E-state index in [4.69, 9.17) is 0 Å². The number of aliphatic imine (C=N–C) groups is 2. The van der Waals surface area contributed by atoms with Crippen molar-refractivity contribution in [2.24, 2.45) is 9.98 Å². The van der Waals surface area contributed by atoms with Crippen LogP contribution in [0.5, 0.6) is 0 Å². The topological polar surface area (TPSA) is 24.7 Å². The van der Waals surface area contributed by atoms with Gasteiger partial charge < -0.3 is 0 Å². The minimum atomic E-state index is 1.04. The summed E-state index contributed by atoms with van der Waals surface area (Å²) in [4.78, 5) is 7.76. The van der Waals surface area contributed by atoms with E-state index in [-0.39, 0.29) is 0 Å². The van der Waals surface area contributed by atoms with E-state index in [1.807, 2.05) is 12.5 Å². The molecule has 0 aromatic rings. The Morgan fingerprint density at radius 3 is 2.22 bits per heavy atom. The van der Waals surface area contributed by atoms with E-state index in [2.05, 4.69) is 9.98 Å². The molecule has 0 amide bonds. The van der Waals surface area contributed by atoms with Gasteiger partial charge in [-0.3, -0.25) is 4.99 Å². The monoisotopic (exact) mass is 162 g/mol. The molecular weight excluding hydrogens is 152 g/mol. The molecule has 0 aromatic heterocycles. The van der Waals surface area contributed by atoms with E-state index >= 15 is 0 Å². The molecule has 0 radical (unpaired) electrons. The van der Waals surface area contributed by atoms with Crippen molar-refractivity contribution in [3.63, 3.8) is 0 Å². The summed E-state index contributed by atoms with van der Waals surface area (Å²) in [6.45, 7) is 0. The zero-order chi connectivity index (χ0) is 7.11. The molecule has 9 heavy (non-hydrogen) atoms. The Bertz CT molecular complexity index is 114. The molecule has 0 spiro atoms. The Hall–Kier alpha value is 0.0400. The third-order valence-corrected chi connectivity index (χ3v) is 2.54. The van der Waals surface area contributed by atoms with Crippen LogP contribution in [0.25, 0.3) is 0 Å². The smallest absolute Gasteiger partial charge is 0.131 e. The summed E-state index contributed by atoms with van der Waals surface area (Å²) in [5, 5.41) is 0. The van der Waals surface area contributed by atoms with E-state index in [0.29, 0.717) is 0 Å². The van der Waals surface area contributed by atoms with Gasteiger partial charge in [0, 0.05) is 7.05 Å². The minimum absolute atomic E-state index is 1.04. The van der Waals surface area contributed by atoms with Crippen LogP contribution in [0.2, 0.25) is 0 Å². The number of hydrogen-bond donors (Lipinski definition) is 0. The first kappa shape index (κ1) is 9.04. The lowest BCUT2D eigenvalue weighted by Crippen LogP contribution is -1.81. The van der Waals surface area contributed by atoms with Crippen molar-refractivity contribution in [2.45, 2.75) is 0 Å². The van der Waals surface area contributed by atoms with Gasteiger partial charge in [0.2, 0.25) is 0 Å². The summed E-state index contributed by atoms with van der Waals surface area (Å²) in [5.41, 5.74) is 0. The molecule has 0 bridgehead atoms. The fourth-order valence-electron chi connectivity index (χ4n) is 0.294. The highest BCUT2D eigenvalue weighted by molar-refractivity contribution is 8.38. The molecule has 0 fully saturated rings. The van der Waals surface area contributed by atoms with Gasteiger partial charge in [0.05, 0.1) is 0 Å². The molecule has 0 atom stereocenters. The molecule has 4 heteroatoms. The summed E-state index contributed by atoms with van der Waals surface area (Å²) in [5.74, 6) is 0. The van der Waals surface area contributed by atoms with E-state index in [1.165, 1.54) is 0 Å². The van der Waals surface area contributed by atoms with Crippen molar-refractivity contribution in [1.82, 2.24) is 0 Å². The van der Waals surface area contributed by atoms with Gasteiger partial charge in [0.25, 0.3) is 0 Å². The van der Waals surface area contributed by atoms with Gasteiger partial charge in [-0.25, -0.2) is 4.99 Å². The predicted molar refractivity (Wildman–Crippen MR) is 48.9 cm³/mol. The molecule has 2 nitrogen and oxygen atoms in total. The van der Waals surface area contributed by atoms with Crippen LogP contribution in [0.1, 0.15) is 0 Å². The Kier molecular flexibility index (Phi) is 6.19. The highest BCUT2D eigenvalue weighted by atomic mass is 32.2. The third-order valence-electron chi connectivity index (χ3n) is 0.628. The molecule has 52 valence electrons. The van der Waals surface area contributed by atoms with Crippen LogP contribution in [0.3, 0.4) is 0 Å². The predicted octanol–water partition coefficient (Wildman–Crippen LogP) is 1.73. The second-order valence-electron chi connectivity index (χ2n) is 1.18.